The van der Waals surface area contributed by atoms with Crippen molar-refractivity contribution in [2.24, 2.45) is 0 Å². The lowest BCUT2D eigenvalue weighted by molar-refractivity contribution is -0.121. The third-order valence-electron chi connectivity index (χ3n) is 4.17. The summed E-state index contributed by atoms with van der Waals surface area (Å²) in [6, 6.07) is 13.8. The van der Waals surface area contributed by atoms with Crippen molar-refractivity contribution in [2.45, 2.75) is 6.42 Å². The van der Waals surface area contributed by atoms with E-state index < -0.39 is 0 Å². The number of para-hydroxylation sites is 3. The fraction of sp³-hybridized carbons (Fsp3) is 0.190. The fourth-order valence-electron chi connectivity index (χ4n) is 2.84. The maximum atomic E-state index is 12.4. The van der Waals surface area contributed by atoms with E-state index in [1.807, 2.05) is 6.07 Å². The number of anilines is 2. The summed E-state index contributed by atoms with van der Waals surface area (Å²) >= 11 is 0. The van der Waals surface area contributed by atoms with Gasteiger partial charge in [0.05, 0.1) is 23.5 Å². The number of amides is 3. The molecule has 2 N–H and O–H groups in total. The van der Waals surface area contributed by atoms with Crippen LogP contribution in [0.2, 0.25) is 0 Å². The molecule has 0 spiro atoms. The number of carbonyl (C=O) groups excluding carboxylic acids is 3. The van der Waals surface area contributed by atoms with Crippen molar-refractivity contribution in [3.05, 3.63) is 54.1 Å². The van der Waals surface area contributed by atoms with Gasteiger partial charge in [0, 0.05) is 13.0 Å². The van der Waals surface area contributed by atoms with E-state index in [0.29, 0.717) is 22.7 Å². The van der Waals surface area contributed by atoms with Gasteiger partial charge in [-0.2, -0.15) is 0 Å². The second kappa shape index (κ2) is 8.73. The van der Waals surface area contributed by atoms with Crippen molar-refractivity contribution >= 4 is 29.1 Å². The summed E-state index contributed by atoms with van der Waals surface area (Å²) in [5, 5.41) is 5.30. The fourth-order valence-corrected chi connectivity index (χ4v) is 2.84. The molecule has 0 saturated heterocycles. The minimum absolute atomic E-state index is 0.0587. The summed E-state index contributed by atoms with van der Waals surface area (Å²) < 4.78 is 5.39. The first-order chi connectivity index (χ1) is 13.6. The molecule has 2 aromatic rings. The highest BCUT2D eigenvalue weighted by Gasteiger charge is 2.25. The smallest absolute Gasteiger partial charge is 0.265 e. The molecule has 2 aromatic carbocycles. The topological polar surface area (TPSA) is 87.7 Å². The molecule has 0 bridgehead atoms. The molecule has 28 heavy (non-hydrogen) atoms. The molecule has 7 nitrogen and oxygen atoms in total. The molecule has 3 rings (SSSR count). The largest absolute Gasteiger partial charge is 0.482 e. The number of fused-ring (bicyclic) bond motifs is 1. The lowest BCUT2D eigenvalue weighted by Crippen LogP contribution is -2.40. The predicted octanol–water partition coefficient (Wildman–Crippen LogP) is 1.80. The number of ether oxygens (including phenoxy) is 1. The van der Waals surface area contributed by atoms with E-state index in [1.54, 1.807) is 42.5 Å². The molecule has 7 heteroatoms. The second-order valence-electron chi connectivity index (χ2n) is 6.03. The lowest BCUT2D eigenvalue weighted by atomic mass is 10.1. The van der Waals surface area contributed by atoms with Crippen LogP contribution in [0, 0.1) is 12.3 Å². The van der Waals surface area contributed by atoms with Gasteiger partial charge in [-0.05, 0) is 24.3 Å². The second-order valence-corrected chi connectivity index (χ2v) is 6.03. The molecule has 1 aliphatic heterocycles. The Balaban J connectivity index is 1.65. The molecule has 142 valence electrons. The Kier molecular flexibility index (Phi) is 5.92. The quantitative estimate of drug-likeness (QED) is 0.752. The molecular weight excluding hydrogens is 358 g/mol. The number of nitrogens with zero attached hydrogens (tertiary/aromatic N) is 1. The maximum Gasteiger partial charge on any atom is 0.265 e. The van der Waals surface area contributed by atoms with Crippen LogP contribution in [0.15, 0.2) is 48.5 Å². The van der Waals surface area contributed by atoms with Gasteiger partial charge in [0.1, 0.15) is 5.75 Å². The Bertz CT molecular complexity index is 949. The third-order valence-corrected chi connectivity index (χ3v) is 4.17. The van der Waals surface area contributed by atoms with Gasteiger partial charge in [-0.3, -0.25) is 14.4 Å². The molecule has 0 aliphatic carbocycles. The summed E-state index contributed by atoms with van der Waals surface area (Å²) in [4.78, 5) is 38.3. The number of benzene rings is 2. The van der Waals surface area contributed by atoms with Crippen molar-refractivity contribution in [2.75, 3.05) is 29.9 Å². The highest BCUT2D eigenvalue weighted by atomic mass is 16.5. The summed E-state index contributed by atoms with van der Waals surface area (Å²) in [7, 11) is 0. The van der Waals surface area contributed by atoms with Crippen LogP contribution < -0.4 is 20.3 Å². The van der Waals surface area contributed by atoms with Gasteiger partial charge in [0.25, 0.3) is 11.8 Å². The van der Waals surface area contributed by atoms with Gasteiger partial charge in [-0.25, -0.2) is 0 Å². The number of terminal acetylenes is 1. The average molecular weight is 377 g/mol. The normalized spacial score (nSPS) is 12.4. The lowest BCUT2D eigenvalue weighted by Gasteiger charge is -2.29. The Hall–Kier alpha value is -3.79. The van der Waals surface area contributed by atoms with Crippen LogP contribution in [0.1, 0.15) is 16.8 Å². The molecule has 3 amide bonds. The highest BCUT2D eigenvalue weighted by molar-refractivity contribution is 6.04. The van der Waals surface area contributed by atoms with E-state index >= 15 is 0 Å². The van der Waals surface area contributed by atoms with Gasteiger partial charge < -0.3 is 20.3 Å². The number of hydrogen-bond donors (Lipinski definition) is 2. The van der Waals surface area contributed by atoms with Crippen LogP contribution >= 0.6 is 0 Å². The molecule has 0 atom stereocenters. The van der Waals surface area contributed by atoms with E-state index in [4.69, 9.17) is 11.2 Å². The zero-order valence-corrected chi connectivity index (χ0v) is 15.1. The minimum atomic E-state index is -0.369. The first-order valence-electron chi connectivity index (χ1n) is 8.73. The number of carbonyl (C=O) groups is 3. The molecule has 1 heterocycles. The van der Waals surface area contributed by atoms with Crippen molar-refractivity contribution in [1.29, 1.82) is 0 Å². The van der Waals surface area contributed by atoms with Crippen LogP contribution in [0.25, 0.3) is 0 Å². The SMILES string of the molecule is C#CCNC(=O)c1ccccc1NC(=O)CCN1C(=O)COc2ccccc21. The van der Waals surface area contributed by atoms with Crippen molar-refractivity contribution < 1.29 is 19.1 Å². The molecule has 1 aliphatic rings. The van der Waals surface area contributed by atoms with E-state index in [0.717, 1.165) is 0 Å². The van der Waals surface area contributed by atoms with Crippen LogP contribution in [0.3, 0.4) is 0 Å². The van der Waals surface area contributed by atoms with Gasteiger partial charge >= 0.3 is 0 Å². The van der Waals surface area contributed by atoms with E-state index in [1.165, 1.54) is 4.90 Å². The summed E-state index contributed by atoms with van der Waals surface area (Å²) in [6.07, 6.45) is 5.22. The van der Waals surface area contributed by atoms with Crippen molar-refractivity contribution in [1.82, 2.24) is 5.32 Å². The summed E-state index contributed by atoms with van der Waals surface area (Å²) in [5.74, 6) is 2.05. The van der Waals surface area contributed by atoms with Crippen LogP contribution in [-0.4, -0.2) is 37.4 Å². The third kappa shape index (κ3) is 4.30. The monoisotopic (exact) mass is 377 g/mol. The van der Waals surface area contributed by atoms with Crippen molar-refractivity contribution in [3.8, 4) is 18.1 Å². The number of nitrogens with one attached hydrogen (secondary N) is 2. The molecular formula is C21H19N3O4. The van der Waals surface area contributed by atoms with Crippen molar-refractivity contribution in [3.63, 3.8) is 0 Å². The Morgan fingerprint density at radius 3 is 2.71 bits per heavy atom. The van der Waals surface area contributed by atoms with E-state index in [9.17, 15) is 14.4 Å². The van der Waals surface area contributed by atoms with E-state index in [2.05, 4.69) is 16.6 Å². The predicted molar refractivity (Wildman–Crippen MR) is 105 cm³/mol. The van der Waals surface area contributed by atoms with Crippen LogP contribution in [-0.2, 0) is 9.59 Å². The zero-order valence-electron chi connectivity index (χ0n) is 15.1. The average Bonchev–Trinajstić information content (AvgIpc) is 2.71. The van der Waals surface area contributed by atoms with Crippen LogP contribution in [0.4, 0.5) is 11.4 Å². The zero-order chi connectivity index (χ0) is 19.9. The first-order valence-corrected chi connectivity index (χ1v) is 8.73. The maximum absolute atomic E-state index is 12.4. The Morgan fingerprint density at radius 1 is 1.14 bits per heavy atom. The molecule has 0 aromatic heterocycles. The van der Waals surface area contributed by atoms with Gasteiger partial charge in [0.2, 0.25) is 5.91 Å². The number of rotatable bonds is 6. The van der Waals surface area contributed by atoms with Gasteiger partial charge in [-0.1, -0.05) is 30.2 Å². The van der Waals surface area contributed by atoms with E-state index in [-0.39, 0.29) is 43.8 Å². The van der Waals surface area contributed by atoms with Gasteiger partial charge in [-0.15, -0.1) is 6.42 Å². The Labute approximate surface area is 162 Å². The highest BCUT2D eigenvalue weighted by Crippen LogP contribution is 2.31. The number of hydrogen-bond acceptors (Lipinski definition) is 4. The Morgan fingerprint density at radius 2 is 1.89 bits per heavy atom. The summed E-state index contributed by atoms with van der Waals surface area (Å²) in [6.45, 7) is 0.243. The molecule has 0 saturated carbocycles. The standard InChI is InChI=1S/C21H19N3O4/c1-2-12-22-21(27)15-7-3-4-8-16(15)23-19(25)11-13-24-17-9-5-6-10-18(17)28-14-20(24)26/h1,3-10H,11-14H2,(H,22,27)(H,23,25). The van der Waals surface area contributed by atoms with Crippen LogP contribution in [0.5, 0.6) is 5.75 Å². The first kappa shape index (κ1) is 19.0. The molecule has 0 unspecified atom stereocenters. The minimum Gasteiger partial charge on any atom is -0.482 e. The summed E-state index contributed by atoms with van der Waals surface area (Å²) in [5.41, 5.74) is 1.34. The van der Waals surface area contributed by atoms with Gasteiger partial charge in [0.15, 0.2) is 6.61 Å². The molecule has 0 fully saturated rings. The molecule has 0 radical (unpaired) electrons.